The van der Waals surface area contributed by atoms with Gasteiger partial charge < -0.3 is 19.5 Å². The highest BCUT2D eigenvalue weighted by Gasteiger charge is 2.30. The number of halogens is 2. The smallest absolute Gasteiger partial charge is 0.387 e. The number of amides is 1. The van der Waals surface area contributed by atoms with E-state index in [1.54, 1.807) is 24.5 Å². The van der Waals surface area contributed by atoms with Gasteiger partial charge in [-0.05, 0) is 30.2 Å². The SMILES string of the molecule is O=C1CCN(c2ncc(-c3ccc4nc5n(c4c3)C(c3ccccc3OC(F)F)CC5)cn2)CCN1. The Bertz CT molecular complexity index is 1420. The molecule has 8 nitrogen and oxygen atoms in total. The van der Waals surface area contributed by atoms with Crippen LogP contribution in [0.2, 0.25) is 0 Å². The molecule has 184 valence electrons. The highest BCUT2D eigenvalue weighted by Crippen LogP contribution is 2.40. The van der Waals surface area contributed by atoms with E-state index < -0.39 is 6.61 Å². The second-order valence-electron chi connectivity index (χ2n) is 8.93. The fourth-order valence-electron chi connectivity index (χ4n) is 5.10. The van der Waals surface area contributed by atoms with Crippen molar-refractivity contribution in [2.75, 3.05) is 24.5 Å². The van der Waals surface area contributed by atoms with Gasteiger partial charge in [-0.2, -0.15) is 8.78 Å². The quantitative estimate of drug-likeness (QED) is 0.456. The molecule has 2 aliphatic rings. The number of aromatic nitrogens is 4. The van der Waals surface area contributed by atoms with Gasteiger partial charge in [-0.1, -0.05) is 24.3 Å². The zero-order valence-corrected chi connectivity index (χ0v) is 19.4. The number of nitrogens with zero attached hydrogens (tertiary/aromatic N) is 5. The predicted octanol–water partition coefficient (Wildman–Crippen LogP) is 3.96. The van der Waals surface area contributed by atoms with Crippen molar-refractivity contribution in [1.29, 1.82) is 0 Å². The Morgan fingerprint density at radius 2 is 1.86 bits per heavy atom. The number of hydrogen-bond donors (Lipinski definition) is 1. The summed E-state index contributed by atoms with van der Waals surface area (Å²) >= 11 is 0. The van der Waals surface area contributed by atoms with Gasteiger partial charge in [-0.15, -0.1) is 0 Å². The van der Waals surface area contributed by atoms with Gasteiger partial charge >= 0.3 is 6.61 Å². The van der Waals surface area contributed by atoms with Crippen LogP contribution in [-0.4, -0.2) is 51.7 Å². The molecule has 0 bridgehead atoms. The van der Waals surface area contributed by atoms with Crippen LogP contribution in [0.5, 0.6) is 5.75 Å². The van der Waals surface area contributed by atoms with Gasteiger partial charge in [0.05, 0.1) is 17.1 Å². The Kier molecular flexibility index (Phi) is 5.71. The Hall–Kier alpha value is -4.08. The van der Waals surface area contributed by atoms with Gasteiger partial charge in [0.1, 0.15) is 11.6 Å². The van der Waals surface area contributed by atoms with Crippen LogP contribution in [0.1, 0.15) is 30.3 Å². The number of carbonyl (C=O) groups is 1. The molecule has 2 aromatic carbocycles. The molecule has 2 aliphatic heterocycles. The van der Waals surface area contributed by atoms with Gasteiger partial charge in [0, 0.05) is 56.0 Å². The van der Waals surface area contributed by atoms with Crippen molar-refractivity contribution in [2.45, 2.75) is 31.9 Å². The van der Waals surface area contributed by atoms with Crippen LogP contribution in [-0.2, 0) is 11.2 Å². The van der Waals surface area contributed by atoms with Crippen molar-refractivity contribution < 1.29 is 18.3 Å². The summed E-state index contributed by atoms with van der Waals surface area (Å²) in [5.41, 5.74) is 4.30. The molecular weight excluding hydrogens is 466 g/mol. The molecule has 1 fully saturated rings. The molecule has 0 spiro atoms. The topological polar surface area (TPSA) is 85.2 Å². The van der Waals surface area contributed by atoms with Crippen LogP contribution < -0.4 is 15.0 Å². The fraction of sp³-hybridized carbons (Fsp3) is 0.308. The van der Waals surface area contributed by atoms with Crippen LogP contribution >= 0.6 is 0 Å². The Labute approximate surface area is 205 Å². The van der Waals surface area contributed by atoms with E-state index in [2.05, 4.69) is 19.9 Å². The number of fused-ring (bicyclic) bond motifs is 3. The third-order valence-corrected chi connectivity index (χ3v) is 6.78. The van der Waals surface area contributed by atoms with Crippen molar-refractivity contribution in [2.24, 2.45) is 0 Å². The van der Waals surface area contributed by atoms with Crippen molar-refractivity contribution in [3.63, 3.8) is 0 Å². The number of para-hydroxylation sites is 1. The van der Waals surface area contributed by atoms with Crippen LogP contribution in [0.25, 0.3) is 22.2 Å². The van der Waals surface area contributed by atoms with Crippen LogP contribution in [0.15, 0.2) is 54.9 Å². The summed E-state index contributed by atoms with van der Waals surface area (Å²) in [6, 6.07) is 12.8. The molecule has 1 unspecified atom stereocenters. The summed E-state index contributed by atoms with van der Waals surface area (Å²) in [7, 11) is 0. The summed E-state index contributed by atoms with van der Waals surface area (Å²) in [6.07, 6.45) is 5.50. The van der Waals surface area contributed by atoms with E-state index in [9.17, 15) is 13.6 Å². The highest BCUT2D eigenvalue weighted by molar-refractivity contribution is 5.83. The Balaban J connectivity index is 1.33. The Morgan fingerprint density at radius 1 is 1.03 bits per heavy atom. The number of alkyl halides is 2. The van der Waals surface area contributed by atoms with Crippen LogP contribution in [0.4, 0.5) is 14.7 Å². The first-order valence-corrected chi connectivity index (χ1v) is 12.0. The number of benzene rings is 2. The number of imidazole rings is 1. The molecule has 1 N–H and O–H groups in total. The minimum atomic E-state index is -2.88. The van der Waals surface area contributed by atoms with Gasteiger partial charge in [0.25, 0.3) is 0 Å². The summed E-state index contributed by atoms with van der Waals surface area (Å²) in [6.45, 7) is -1.07. The van der Waals surface area contributed by atoms with Crippen LogP contribution in [0.3, 0.4) is 0 Å². The minimum Gasteiger partial charge on any atom is -0.434 e. The lowest BCUT2D eigenvalue weighted by Gasteiger charge is -2.19. The number of nitrogens with one attached hydrogen (secondary N) is 1. The summed E-state index contributed by atoms with van der Waals surface area (Å²) in [4.78, 5) is 27.5. The zero-order chi connectivity index (χ0) is 24.6. The molecule has 6 rings (SSSR count). The van der Waals surface area contributed by atoms with E-state index in [0.29, 0.717) is 32.0 Å². The monoisotopic (exact) mass is 490 g/mol. The number of ether oxygens (including phenoxy) is 1. The molecular formula is C26H24F2N6O2. The molecule has 10 heteroatoms. The molecule has 4 aromatic rings. The number of aryl methyl sites for hydroxylation is 1. The van der Waals surface area contributed by atoms with E-state index in [-0.39, 0.29) is 17.7 Å². The average molecular weight is 491 g/mol. The van der Waals surface area contributed by atoms with E-state index in [1.807, 2.05) is 35.2 Å². The lowest BCUT2D eigenvalue weighted by atomic mass is 10.0. The number of rotatable bonds is 5. The van der Waals surface area contributed by atoms with E-state index >= 15 is 0 Å². The molecule has 0 saturated carbocycles. The van der Waals surface area contributed by atoms with Gasteiger partial charge in [-0.25, -0.2) is 15.0 Å². The summed E-state index contributed by atoms with van der Waals surface area (Å²) < 4.78 is 33.0. The number of anilines is 1. The van der Waals surface area contributed by atoms with Crippen molar-refractivity contribution >= 4 is 22.9 Å². The minimum absolute atomic E-state index is 0.0393. The average Bonchev–Trinajstić information content (AvgIpc) is 3.37. The molecule has 4 heterocycles. The standard InChI is InChI=1S/C26H24F2N6O2/c27-25(28)36-22-4-2-1-3-18(22)20-7-8-23-32-19-6-5-16(13-21(19)34(20)23)17-14-30-26(31-15-17)33-11-9-24(35)29-10-12-33/h1-6,13-15,20,25H,7-12H2,(H,29,35). The van der Waals surface area contributed by atoms with Crippen LogP contribution in [0, 0.1) is 0 Å². The predicted molar refractivity (Wildman–Crippen MR) is 130 cm³/mol. The van der Waals surface area contributed by atoms with E-state index in [4.69, 9.17) is 9.72 Å². The number of hydrogen-bond acceptors (Lipinski definition) is 6. The van der Waals surface area contributed by atoms with E-state index in [1.165, 1.54) is 0 Å². The first-order chi connectivity index (χ1) is 17.6. The highest BCUT2D eigenvalue weighted by atomic mass is 19.3. The van der Waals surface area contributed by atoms with Gasteiger partial charge in [-0.3, -0.25) is 4.79 Å². The van der Waals surface area contributed by atoms with Crippen molar-refractivity contribution in [3.05, 3.63) is 66.2 Å². The molecule has 0 aliphatic carbocycles. The third-order valence-electron chi connectivity index (χ3n) is 6.78. The van der Waals surface area contributed by atoms with E-state index in [0.717, 1.165) is 46.4 Å². The van der Waals surface area contributed by atoms with Gasteiger partial charge in [0.2, 0.25) is 11.9 Å². The molecule has 1 atom stereocenters. The zero-order valence-electron chi connectivity index (χ0n) is 19.4. The third kappa shape index (κ3) is 4.12. The first kappa shape index (κ1) is 22.4. The fourth-order valence-corrected chi connectivity index (χ4v) is 5.10. The summed E-state index contributed by atoms with van der Waals surface area (Å²) in [5, 5.41) is 2.85. The van der Waals surface area contributed by atoms with Gasteiger partial charge in [0.15, 0.2) is 0 Å². The lowest BCUT2D eigenvalue weighted by molar-refractivity contribution is -0.120. The first-order valence-electron chi connectivity index (χ1n) is 12.0. The number of carbonyl (C=O) groups excluding carboxylic acids is 1. The second-order valence-corrected chi connectivity index (χ2v) is 8.93. The molecule has 1 amide bonds. The van der Waals surface area contributed by atoms with Crippen molar-refractivity contribution in [1.82, 2.24) is 24.8 Å². The normalized spacial score (nSPS) is 17.8. The largest absolute Gasteiger partial charge is 0.434 e. The lowest BCUT2D eigenvalue weighted by Crippen LogP contribution is -2.29. The second kappa shape index (κ2) is 9.18. The maximum atomic E-state index is 13.0. The maximum Gasteiger partial charge on any atom is 0.387 e. The molecule has 0 radical (unpaired) electrons. The molecule has 1 saturated heterocycles. The molecule has 2 aromatic heterocycles. The maximum absolute atomic E-state index is 13.0. The molecule has 36 heavy (non-hydrogen) atoms. The summed E-state index contributed by atoms with van der Waals surface area (Å²) in [5.74, 6) is 1.75. The Morgan fingerprint density at radius 3 is 2.69 bits per heavy atom. The van der Waals surface area contributed by atoms with Crippen molar-refractivity contribution in [3.8, 4) is 16.9 Å².